The molecule has 1 aromatic heterocycles. The minimum absolute atomic E-state index is 0.137. The minimum atomic E-state index is -4.51. The average Bonchev–Trinajstić information content (AvgIpc) is 2.53. The summed E-state index contributed by atoms with van der Waals surface area (Å²) < 4.78 is 43.8. The molecule has 2 N–H and O–H groups in total. The summed E-state index contributed by atoms with van der Waals surface area (Å²) in [6.45, 7) is 1.46. The maximum Gasteiger partial charge on any atom is 0.419 e. The lowest BCUT2D eigenvalue weighted by atomic mass is 10.2. The Morgan fingerprint density at radius 3 is 2.58 bits per heavy atom. The monoisotopic (exact) mass is 340 g/mol. The number of carbonyl (C=O) groups is 1. The van der Waals surface area contributed by atoms with Crippen LogP contribution >= 0.6 is 0 Å². The van der Waals surface area contributed by atoms with Crippen molar-refractivity contribution in [2.24, 2.45) is 0 Å². The maximum absolute atomic E-state index is 12.9. The molecule has 0 spiro atoms. The summed E-state index contributed by atoms with van der Waals surface area (Å²) in [5, 5.41) is 2.58. The Kier molecular flexibility index (Phi) is 5.28. The van der Waals surface area contributed by atoms with Gasteiger partial charge in [-0.2, -0.15) is 13.2 Å². The Morgan fingerprint density at radius 1 is 1.25 bits per heavy atom. The van der Waals surface area contributed by atoms with E-state index in [1.165, 1.54) is 36.5 Å². The molecule has 0 fully saturated rings. The van der Waals surface area contributed by atoms with Gasteiger partial charge in [0.05, 0.1) is 17.2 Å². The van der Waals surface area contributed by atoms with Gasteiger partial charge in [-0.3, -0.25) is 9.59 Å². The Labute approximate surface area is 135 Å². The molecule has 1 atom stereocenters. The SMILES string of the molecule is CC(COc1ccccc1C(F)(F)F)NC(=O)c1ccc(=O)[nH]c1. The zero-order chi connectivity index (χ0) is 17.7. The Bertz CT molecular complexity index is 751. The van der Waals surface area contributed by atoms with E-state index >= 15 is 0 Å². The van der Waals surface area contributed by atoms with Crippen LogP contribution in [0.3, 0.4) is 0 Å². The number of pyridine rings is 1. The number of aromatic nitrogens is 1. The summed E-state index contributed by atoms with van der Waals surface area (Å²) in [4.78, 5) is 25.2. The van der Waals surface area contributed by atoms with Crippen LogP contribution in [0.5, 0.6) is 5.75 Å². The summed E-state index contributed by atoms with van der Waals surface area (Å²) in [7, 11) is 0. The first-order valence-electron chi connectivity index (χ1n) is 7.06. The summed E-state index contributed by atoms with van der Waals surface area (Å²) >= 11 is 0. The smallest absolute Gasteiger partial charge is 0.419 e. The van der Waals surface area contributed by atoms with Gasteiger partial charge in [0.25, 0.3) is 5.91 Å². The molecule has 1 aromatic carbocycles. The third-order valence-electron chi connectivity index (χ3n) is 3.11. The van der Waals surface area contributed by atoms with Gasteiger partial charge in [-0.15, -0.1) is 0 Å². The van der Waals surface area contributed by atoms with Crippen LogP contribution in [0.2, 0.25) is 0 Å². The third kappa shape index (κ3) is 4.61. The van der Waals surface area contributed by atoms with Crippen LogP contribution in [0.15, 0.2) is 47.4 Å². The number of carbonyl (C=O) groups excluding carboxylic acids is 1. The van der Waals surface area contributed by atoms with E-state index in [9.17, 15) is 22.8 Å². The second-order valence-electron chi connectivity index (χ2n) is 5.12. The van der Waals surface area contributed by atoms with Gasteiger partial charge in [0, 0.05) is 12.3 Å². The van der Waals surface area contributed by atoms with Crippen LogP contribution < -0.4 is 15.6 Å². The van der Waals surface area contributed by atoms with Gasteiger partial charge < -0.3 is 15.0 Å². The number of H-pyrrole nitrogens is 1. The number of aromatic amines is 1. The molecule has 1 heterocycles. The van der Waals surface area contributed by atoms with Crippen LogP contribution in [-0.2, 0) is 6.18 Å². The molecule has 0 aliphatic rings. The zero-order valence-corrected chi connectivity index (χ0v) is 12.7. The van der Waals surface area contributed by atoms with Gasteiger partial charge in [-0.1, -0.05) is 12.1 Å². The van der Waals surface area contributed by atoms with Crippen molar-refractivity contribution < 1.29 is 22.7 Å². The van der Waals surface area contributed by atoms with Gasteiger partial charge in [0.15, 0.2) is 0 Å². The maximum atomic E-state index is 12.9. The topological polar surface area (TPSA) is 71.2 Å². The number of hydrogen-bond donors (Lipinski definition) is 2. The lowest BCUT2D eigenvalue weighted by Crippen LogP contribution is -2.37. The molecule has 128 valence electrons. The Morgan fingerprint density at radius 2 is 1.96 bits per heavy atom. The van der Waals surface area contributed by atoms with E-state index in [-0.39, 0.29) is 23.5 Å². The first kappa shape index (κ1) is 17.6. The molecule has 0 saturated carbocycles. The largest absolute Gasteiger partial charge is 0.491 e. The number of alkyl halides is 3. The summed E-state index contributed by atoms with van der Waals surface area (Å²) in [5.74, 6) is -0.762. The second-order valence-corrected chi connectivity index (χ2v) is 5.12. The predicted molar refractivity (Wildman–Crippen MR) is 80.9 cm³/mol. The highest BCUT2D eigenvalue weighted by Crippen LogP contribution is 2.35. The van der Waals surface area contributed by atoms with Crippen LogP contribution in [-0.4, -0.2) is 23.5 Å². The molecule has 1 unspecified atom stereocenters. The fourth-order valence-corrected chi connectivity index (χ4v) is 1.94. The molecule has 24 heavy (non-hydrogen) atoms. The quantitative estimate of drug-likeness (QED) is 0.879. The first-order chi connectivity index (χ1) is 11.3. The van der Waals surface area contributed by atoms with Crippen molar-refractivity contribution in [3.8, 4) is 5.75 Å². The van der Waals surface area contributed by atoms with Crippen molar-refractivity contribution in [1.29, 1.82) is 0 Å². The molecule has 2 rings (SSSR count). The van der Waals surface area contributed by atoms with Crippen molar-refractivity contribution in [3.05, 3.63) is 64.1 Å². The number of halogens is 3. The van der Waals surface area contributed by atoms with Crippen LogP contribution in [0, 0.1) is 0 Å². The van der Waals surface area contributed by atoms with E-state index in [1.807, 2.05) is 0 Å². The molecule has 0 bridgehead atoms. The lowest BCUT2D eigenvalue weighted by molar-refractivity contribution is -0.139. The summed E-state index contributed by atoms with van der Waals surface area (Å²) in [6.07, 6.45) is -3.26. The van der Waals surface area contributed by atoms with Crippen LogP contribution in [0.4, 0.5) is 13.2 Å². The fraction of sp³-hybridized carbons (Fsp3) is 0.250. The highest BCUT2D eigenvalue weighted by molar-refractivity contribution is 5.93. The number of ether oxygens (including phenoxy) is 1. The van der Waals surface area contributed by atoms with Crippen LogP contribution in [0.25, 0.3) is 0 Å². The fourth-order valence-electron chi connectivity index (χ4n) is 1.94. The number of hydrogen-bond acceptors (Lipinski definition) is 3. The molecular weight excluding hydrogens is 325 g/mol. The van der Waals surface area contributed by atoms with E-state index in [2.05, 4.69) is 10.3 Å². The van der Waals surface area contributed by atoms with E-state index in [4.69, 9.17) is 4.74 Å². The number of benzene rings is 1. The van der Waals surface area contributed by atoms with Gasteiger partial charge in [-0.05, 0) is 25.1 Å². The number of amides is 1. The lowest BCUT2D eigenvalue weighted by Gasteiger charge is -2.17. The van der Waals surface area contributed by atoms with E-state index in [0.29, 0.717) is 0 Å². The highest BCUT2D eigenvalue weighted by Gasteiger charge is 2.34. The number of nitrogens with one attached hydrogen (secondary N) is 2. The Balaban J connectivity index is 1.96. The van der Waals surface area contributed by atoms with Gasteiger partial charge in [0.2, 0.25) is 5.56 Å². The molecule has 2 aromatic rings. The predicted octanol–water partition coefficient (Wildman–Crippen LogP) is 2.59. The van der Waals surface area contributed by atoms with Gasteiger partial charge >= 0.3 is 6.18 Å². The van der Waals surface area contributed by atoms with E-state index in [0.717, 1.165) is 6.07 Å². The standard InChI is InChI=1S/C16H15F3N2O3/c1-10(21-15(23)11-6-7-14(22)20-8-11)9-24-13-5-3-2-4-12(13)16(17,18)19/h2-8,10H,9H2,1H3,(H,20,22)(H,21,23). The summed E-state index contributed by atoms with van der Waals surface area (Å²) in [6, 6.07) is 6.88. The molecule has 1 amide bonds. The van der Waals surface area contributed by atoms with E-state index < -0.39 is 23.7 Å². The minimum Gasteiger partial charge on any atom is -0.491 e. The van der Waals surface area contributed by atoms with Crippen molar-refractivity contribution in [2.75, 3.05) is 6.61 Å². The molecular formula is C16H15F3N2O3. The van der Waals surface area contributed by atoms with Crippen LogP contribution in [0.1, 0.15) is 22.8 Å². The Hall–Kier alpha value is -2.77. The molecule has 8 heteroatoms. The molecule has 5 nitrogen and oxygen atoms in total. The average molecular weight is 340 g/mol. The normalized spacial score (nSPS) is 12.5. The molecule has 0 radical (unpaired) electrons. The van der Waals surface area contributed by atoms with Gasteiger partial charge in [0.1, 0.15) is 12.4 Å². The van der Waals surface area contributed by atoms with Crippen molar-refractivity contribution >= 4 is 5.91 Å². The molecule has 0 aliphatic carbocycles. The number of para-hydroxylation sites is 1. The third-order valence-corrected chi connectivity index (χ3v) is 3.11. The van der Waals surface area contributed by atoms with Crippen molar-refractivity contribution in [1.82, 2.24) is 10.3 Å². The van der Waals surface area contributed by atoms with Crippen molar-refractivity contribution in [3.63, 3.8) is 0 Å². The van der Waals surface area contributed by atoms with E-state index in [1.54, 1.807) is 6.92 Å². The second kappa shape index (κ2) is 7.20. The number of rotatable bonds is 5. The molecule has 0 aliphatic heterocycles. The summed E-state index contributed by atoms with van der Waals surface area (Å²) in [5.41, 5.74) is -0.979. The zero-order valence-electron chi connectivity index (χ0n) is 12.7. The van der Waals surface area contributed by atoms with Crippen molar-refractivity contribution in [2.45, 2.75) is 19.1 Å². The first-order valence-corrected chi connectivity index (χ1v) is 7.06. The van der Waals surface area contributed by atoms with Gasteiger partial charge in [-0.25, -0.2) is 0 Å². The highest BCUT2D eigenvalue weighted by atomic mass is 19.4. The molecule has 0 saturated heterocycles.